The maximum atomic E-state index is 5.41. The van der Waals surface area contributed by atoms with E-state index in [0.29, 0.717) is 11.8 Å². The van der Waals surface area contributed by atoms with E-state index in [0.717, 1.165) is 35.7 Å². The fourth-order valence-corrected chi connectivity index (χ4v) is 9.07. The number of para-hydroxylation sites is 2. The molecule has 0 saturated heterocycles. The molecule has 0 N–H and O–H groups in total. The Bertz CT molecular complexity index is 1720. The zero-order valence-corrected chi connectivity index (χ0v) is 27.2. The Labute approximate surface area is 263 Å². The van der Waals surface area contributed by atoms with Gasteiger partial charge in [-0.3, -0.25) is 0 Å². The molecule has 4 aromatic rings. The van der Waals surface area contributed by atoms with E-state index < -0.39 is 0 Å². The minimum absolute atomic E-state index is 0.0380. The van der Waals surface area contributed by atoms with Gasteiger partial charge < -0.3 is 14.7 Å². The number of hydrogen-bond acceptors (Lipinski definition) is 5. The fourth-order valence-electron chi connectivity index (χ4n) is 9.07. The van der Waals surface area contributed by atoms with Gasteiger partial charge in [0.05, 0.1) is 6.20 Å². The summed E-state index contributed by atoms with van der Waals surface area (Å²) in [5.41, 5.74) is 8.87. The predicted molar refractivity (Wildman–Crippen MR) is 184 cm³/mol. The van der Waals surface area contributed by atoms with E-state index in [1.165, 1.54) is 28.1 Å². The van der Waals surface area contributed by atoms with Crippen molar-refractivity contribution in [3.8, 4) is 11.4 Å². The summed E-state index contributed by atoms with van der Waals surface area (Å²) in [7, 11) is 2.27. The number of rotatable bonds is 5. The molecule has 7 rings (SSSR count). The lowest BCUT2D eigenvalue weighted by atomic mass is 9.56. The molecular weight excluding hydrogens is 538 g/mol. The van der Waals surface area contributed by atoms with E-state index in [-0.39, 0.29) is 23.5 Å². The maximum absolute atomic E-state index is 5.41. The second-order valence-electron chi connectivity index (χ2n) is 13.2. The molecule has 5 nitrogen and oxygen atoms in total. The van der Waals surface area contributed by atoms with E-state index in [4.69, 9.17) is 9.97 Å². The van der Waals surface area contributed by atoms with Gasteiger partial charge in [0.1, 0.15) is 11.9 Å². The first kappa shape index (κ1) is 28.6. The van der Waals surface area contributed by atoms with Crippen LogP contribution in [0.25, 0.3) is 11.4 Å². The molecule has 5 heteroatoms. The highest BCUT2D eigenvalue weighted by Crippen LogP contribution is 2.63. The van der Waals surface area contributed by atoms with Crippen molar-refractivity contribution in [1.82, 2.24) is 9.97 Å². The van der Waals surface area contributed by atoms with Crippen LogP contribution in [-0.4, -0.2) is 29.2 Å². The summed E-state index contributed by atoms with van der Waals surface area (Å²) in [5.74, 6) is 2.83. The lowest BCUT2D eigenvalue weighted by molar-refractivity contribution is 0.165. The standard InChI is InChI=1S/C39H45N5/c1-8-23-43-30-21-15-13-19-28(30)34-33(35(43)25(4)5)38-42(7)32-24-40-36(27-18-12-11-17-26(27)6)41-37(32)44(38)31-22-16-14-20-29(31)39(34,9-2)10-3/h8,11-25,33-35,38H,9-10H2,1-7H3. The molecule has 4 unspecified atom stereocenters. The molecule has 3 aliphatic heterocycles. The third-order valence-electron chi connectivity index (χ3n) is 11.0. The molecule has 4 heterocycles. The van der Waals surface area contributed by atoms with Crippen LogP contribution in [-0.2, 0) is 5.41 Å². The first-order valence-corrected chi connectivity index (χ1v) is 16.4. The van der Waals surface area contributed by atoms with Gasteiger partial charge in [-0.1, -0.05) is 94.4 Å². The number of allylic oxidation sites excluding steroid dienone is 1. The highest BCUT2D eigenvalue weighted by atomic mass is 15.5. The van der Waals surface area contributed by atoms with Crippen LogP contribution < -0.4 is 14.7 Å². The number of benzene rings is 3. The van der Waals surface area contributed by atoms with Gasteiger partial charge in [-0.15, -0.1) is 0 Å². The first-order valence-electron chi connectivity index (χ1n) is 16.4. The summed E-state index contributed by atoms with van der Waals surface area (Å²) in [5, 5.41) is 0. The Kier molecular flexibility index (Phi) is 7.03. The Morgan fingerprint density at radius 2 is 1.57 bits per heavy atom. The van der Waals surface area contributed by atoms with Crippen molar-refractivity contribution in [1.29, 1.82) is 0 Å². The topological polar surface area (TPSA) is 35.5 Å². The highest BCUT2D eigenvalue weighted by molar-refractivity contribution is 5.85. The van der Waals surface area contributed by atoms with Gasteiger partial charge in [0, 0.05) is 53.5 Å². The SMILES string of the molecule is CC=CN1c2ccccc2C2C(C1C(C)C)C1N(C)c3cnc(-c4ccccc4C)nc3N1c1ccccc1C2(CC)CC. The first-order chi connectivity index (χ1) is 21.4. The molecular formula is C39H45N5. The number of fused-ring (bicyclic) bond motifs is 9. The molecule has 0 radical (unpaired) electrons. The Balaban J connectivity index is 1.56. The molecule has 0 spiro atoms. The molecule has 0 amide bonds. The molecule has 226 valence electrons. The summed E-state index contributed by atoms with van der Waals surface area (Å²) in [6.07, 6.45) is 8.80. The number of aryl methyl sites for hydroxylation is 1. The molecule has 3 aliphatic rings. The minimum Gasteiger partial charge on any atom is -0.349 e. The van der Waals surface area contributed by atoms with Crippen molar-refractivity contribution >= 4 is 22.9 Å². The van der Waals surface area contributed by atoms with E-state index >= 15 is 0 Å². The van der Waals surface area contributed by atoms with Crippen LogP contribution in [0.4, 0.5) is 22.9 Å². The van der Waals surface area contributed by atoms with Crippen LogP contribution in [0.1, 0.15) is 70.1 Å². The van der Waals surface area contributed by atoms with Gasteiger partial charge in [-0.25, -0.2) is 9.97 Å². The van der Waals surface area contributed by atoms with Crippen molar-refractivity contribution in [2.75, 3.05) is 21.7 Å². The molecule has 44 heavy (non-hydrogen) atoms. The van der Waals surface area contributed by atoms with Crippen molar-refractivity contribution in [3.05, 3.63) is 108 Å². The summed E-state index contributed by atoms with van der Waals surface area (Å²) in [6.45, 7) is 13.9. The second-order valence-corrected chi connectivity index (χ2v) is 13.2. The van der Waals surface area contributed by atoms with Gasteiger partial charge in [-0.05, 0) is 61.4 Å². The third kappa shape index (κ3) is 3.90. The summed E-state index contributed by atoms with van der Waals surface area (Å²) >= 11 is 0. The van der Waals surface area contributed by atoms with Crippen LogP contribution in [0.15, 0.2) is 91.3 Å². The number of anilines is 4. The van der Waals surface area contributed by atoms with Crippen LogP contribution >= 0.6 is 0 Å². The van der Waals surface area contributed by atoms with Crippen molar-refractivity contribution in [2.24, 2.45) is 11.8 Å². The summed E-state index contributed by atoms with van der Waals surface area (Å²) in [6, 6.07) is 27.2. The van der Waals surface area contributed by atoms with Crippen LogP contribution in [0.3, 0.4) is 0 Å². The van der Waals surface area contributed by atoms with E-state index in [9.17, 15) is 0 Å². The van der Waals surface area contributed by atoms with E-state index in [1.54, 1.807) is 0 Å². The largest absolute Gasteiger partial charge is 0.349 e. The average molecular weight is 584 g/mol. The van der Waals surface area contributed by atoms with Crippen LogP contribution in [0.2, 0.25) is 0 Å². The molecule has 0 fully saturated rings. The lowest BCUT2D eigenvalue weighted by Gasteiger charge is -2.55. The molecule has 0 aliphatic carbocycles. The van der Waals surface area contributed by atoms with Gasteiger partial charge in [0.25, 0.3) is 0 Å². The third-order valence-corrected chi connectivity index (χ3v) is 11.0. The maximum Gasteiger partial charge on any atom is 0.162 e. The van der Waals surface area contributed by atoms with Gasteiger partial charge in [0.2, 0.25) is 0 Å². The molecule has 1 aromatic heterocycles. The number of nitrogens with zero attached hydrogens (tertiary/aromatic N) is 5. The molecule has 0 saturated carbocycles. The Morgan fingerprint density at radius 3 is 2.27 bits per heavy atom. The van der Waals surface area contributed by atoms with Crippen LogP contribution in [0, 0.1) is 18.8 Å². The minimum atomic E-state index is -0.0380. The zero-order chi connectivity index (χ0) is 30.7. The normalized spacial score (nSPS) is 23.2. The summed E-state index contributed by atoms with van der Waals surface area (Å²) < 4.78 is 0. The quantitative estimate of drug-likeness (QED) is 0.234. The molecule has 4 atom stereocenters. The smallest absolute Gasteiger partial charge is 0.162 e. The Morgan fingerprint density at radius 1 is 0.886 bits per heavy atom. The molecule has 0 bridgehead atoms. The average Bonchev–Trinajstić information content (AvgIpc) is 3.27. The predicted octanol–water partition coefficient (Wildman–Crippen LogP) is 9.22. The van der Waals surface area contributed by atoms with Crippen molar-refractivity contribution < 1.29 is 0 Å². The Hall–Kier alpha value is -4.12. The lowest BCUT2D eigenvalue weighted by Crippen LogP contribution is -2.60. The van der Waals surface area contributed by atoms with Crippen molar-refractivity contribution in [3.63, 3.8) is 0 Å². The highest BCUT2D eigenvalue weighted by Gasteiger charge is 2.60. The number of hydrogen-bond donors (Lipinski definition) is 0. The van der Waals surface area contributed by atoms with Gasteiger partial charge >= 0.3 is 0 Å². The number of aromatic nitrogens is 2. The van der Waals surface area contributed by atoms with Gasteiger partial charge in [-0.2, -0.15) is 0 Å². The van der Waals surface area contributed by atoms with Crippen LogP contribution in [0.5, 0.6) is 0 Å². The zero-order valence-electron chi connectivity index (χ0n) is 27.2. The molecule has 3 aromatic carbocycles. The fraction of sp³-hybridized carbons (Fsp3) is 0.385. The van der Waals surface area contributed by atoms with E-state index in [2.05, 4.69) is 155 Å². The van der Waals surface area contributed by atoms with E-state index in [1.807, 2.05) is 0 Å². The van der Waals surface area contributed by atoms with Crippen molar-refractivity contribution in [2.45, 2.75) is 77.9 Å². The van der Waals surface area contributed by atoms with Gasteiger partial charge in [0.15, 0.2) is 11.6 Å². The second kappa shape index (κ2) is 10.8. The monoisotopic (exact) mass is 583 g/mol. The summed E-state index contributed by atoms with van der Waals surface area (Å²) in [4.78, 5) is 18.1.